The average molecular weight is 316 g/mol. The normalized spacial score (nSPS) is 18.6. The molecule has 1 fully saturated rings. The molecule has 1 atom stereocenters. The van der Waals surface area contributed by atoms with Crippen molar-refractivity contribution < 1.29 is 4.74 Å². The summed E-state index contributed by atoms with van der Waals surface area (Å²) in [7, 11) is 3.92. The van der Waals surface area contributed by atoms with Gasteiger partial charge < -0.3 is 19.5 Å². The highest BCUT2D eigenvalue weighted by molar-refractivity contribution is 5.75. The van der Waals surface area contributed by atoms with Gasteiger partial charge in [0.25, 0.3) is 0 Å². The van der Waals surface area contributed by atoms with E-state index < -0.39 is 0 Å². The van der Waals surface area contributed by atoms with Crippen molar-refractivity contribution >= 4 is 11.0 Å². The molecule has 1 N–H and O–H groups in total. The van der Waals surface area contributed by atoms with Crippen molar-refractivity contribution in [3.05, 3.63) is 30.1 Å². The van der Waals surface area contributed by atoms with Crippen LogP contribution in [0.3, 0.4) is 0 Å². The number of hydrogen-bond acceptors (Lipinski definition) is 4. The number of piperidine rings is 1. The van der Waals surface area contributed by atoms with Gasteiger partial charge in [-0.25, -0.2) is 4.98 Å². The molecular weight excluding hydrogens is 288 g/mol. The molecule has 1 aromatic heterocycles. The van der Waals surface area contributed by atoms with Crippen LogP contribution in [0.2, 0.25) is 0 Å². The zero-order valence-electron chi connectivity index (χ0n) is 14.5. The molecule has 2 heterocycles. The molecule has 0 saturated carbocycles. The van der Waals surface area contributed by atoms with Crippen LogP contribution in [0.1, 0.15) is 31.6 Å². The molecule has 1 unspecified atom stereocenters. The fourth-order valence-corrected chi connectivity index (χ4v) is 3.45. The van der Waals surface area contributed by atoms with Crippen molar-refractivity contribution in [2.45, 2.75) is 31.9 Å². The van der Waals surface area contributed by atoms with Crippen molar-refractivity contribution in [2.24, 2.45) is 7.05 Å². The first-order valence-corrected chi connectivity index (χ1v) is 8.59. The molecule has 0 spiro atoms. The van der Waals surface area contributed by atoms with E-state index in [4.69, 9.17) is 9.72 Å². The van der Waals surface area contributed by atoms with Gasteiger partial charge in [0.05, 0.1) is 23.2 Å². The lowest BCUT2D eigenvalue weighted by Crippen LogP contribution is -2.40. The minimum atomic E-state index is 0.254. The number of methoxy groups -OCH3 is 1. The fraction of sp³-hybridized carbons (Fsp3) is 0.611. The SMILES string of the molecule is COC1CCN(CCNC(C)c2nc3ccccc3n2C)CC1. The number of ether oxygens (including phenoxy) is 1. The predicted molar refractivity (Wildman–Crippen MR) is 93.6 cm³/mol. The van der Waals surface area contributed by atoms with Crippen LogP contribution < -0.4 is 5.32 Å². The van der Waals surface area contributed by atoms with Crippen molar-refractivity contribution in [3.63, 3.8) is 0 Å². The number of rotatable bonds is 6. The zero-order chi connectivity index (χ0) is 16.2. The van der Waals surface area contributed by atoms with E-state index in [0.717, 1.165) is 50.4 Å². The topological polar surface area (TPSA) is 42.3 Å². The lowest BCUT2D eigenvalue weighted by Gasteiger charge is -2.31. The fourth-order valence-electron chi connectivity index (χ4n) is 3.45. The Morgan fingerprint density at radius 3 is 2.74 bits per heavy atom. The van der Waals surface area contributed by atoms with Gasteiger partial charge in [-0.05, 0) is 31.9 Å². The summed E-state index contributed by atoms with van der Waals surface area (Å²) in [6.07, 6.45) is 2.76. The molecule has 1 aromatic carbocycles. The molecule has 1 aliphatic rings. The molecule has 5 heteroatoms. The van der Waals surface area contributed by atoms with Gasteiger partial charge in [0.15, 0.2) is 0 Å². The van der Waals surface area contributed by atoms with E-state index >= 15 is 0 Å². The molecule has 2 aromatic rings. The van der Waals surface area contributed by atoms with E-state index in [-0.39, 0.29) is 6.04 Å². The van der Waals surface area contributed by atoms with Crippen LogP contribution in [0, 0.1) is 0 Å². The highest BCUT2D eigenvalue weighted by Gasteiger charge is 2.19. The number of nitrogens with one attached hydrogen (secondary N) is 1. The minimum absolute atomic E-state index is 0.254. The molecule has 0 aliphatic carbocycles. The highest BCUT2D eigenvalue weighted by atomic mass is 16.5. The number of imidazole rings is 1. The maximum Gasteiger partial charge on any atom is 0.126 e. The molecule has 1 saturated heterocycles. The van der Waals surface area contributed by atoms with Crippen LogP contribution in [-0.2, 0) is 11.8 Å². The van der Waals surface area contributed by atoms with Gasteiger partial charge >= 0.3 is 0 Å². The molecular formula is C18H28N4O. The van der Waals surface area contributed by atoms with Crippen molar-refractivity contribution in [2.75, 3.05) is 33.3 Å². The Morgan fingerprint density at radius 2 is 2.04 bits per heavy atom. The van der Waals surface area contributed by atoms with E-state index in [0.29, 0.717) is 6.10 Å². The van der Waals surface area contributed by atoms with Crippen LogP contribution in [0.5, 0.6) is 0 Å². The second-order valence-electron chi connectivity index (χ2n) is 6.47. The van der Waals surface area contributed by atoms with E-state index in [1.54, 1.807) is 0 Å². The summed E-state index contributed by atoms with van der Waals surface area (Å²) in [4.78, 5) is 7.29. The third kappa shape index (κ3) is 3.74. The number of aryl methyl sites for hydroxylation is 1. The predicted octanol–water partition coefficient (Wildman–Crippen LogP) is 2.33. The number of aromatic nitrogens is 2. The lowest BCUT2D eigenvalue weighted by atomic mass is 10.1. The molecule has 3 rings (SSSR count). The Balaban J connectivity index is 1.51. The summed E-state index contributed by atoms with van der Waals surface area (Å²) in [5.74, 6) is 1.10. The van der Waals surface area contributed by atoms with E-state index in [2.05, 4.69) is 47.0 Å². The van der Waals surface area contributed by atoms with Crippen molar-refractivity contribution in [3.8, 4) is 0 Å². The molecule has 0 amide bonds. The molecule has 5 nitrogen and oxygen atoms in total. The number of benzene rings is 1. The van der Waals surface area contributed by atoms with Gasteiger partial charge in [0, 0.05) is 40.3 Å². The minimum Gasteiger partial charge on any atom is -0.381 e. The summed E-state index contributed by atoms with van der Waals surface area (Å²) in [6, 6.07) is 8.56. The summed E-state index contributed by atoms with van der Waals surface area (Å²) in [6.45, 7) is 6.55. The standard InChI is InChI=1S/C18H28N4O/c1-14(18-20-16-6-4-5-7-17(16)21(18)2)19-10-13-22-11-8-15(23-3)9-12-22/h4-7,14-15,19H,8-13H2,1-3H3. The van der Waals surface area contributed by atoms with Gasteiger partial charge in [-0.1, -0.05) is 12.1 Å². The van der Waals surface area contributed by atoms with E-state index in [1.165, 1.54) is 5.52 Å². The summed E-state index contributed by atoms with van der Waals surface area (Å²) >= 11 is 0. The first kappa shape index (κ1) is 16.4. The van der Waals surface area contributed by atoms with Crippen LogP contribution in [0.15, 0.2) is 24.3 Å². The molecule has 126 valence electrons. The summed E-state index contributed by atoms with van der Waals surface area (Å²) in [5.41, 5.74) is 2.26. The Morgan fingerprint density at radius 1 is 1.30 bits per heavy atom. The maximum absolute atomic E-state index is 5.43. The van der Waals surface area contributed by atoms with Gasteiger partial charge in [0.2, 0.25) is 0 Å². The highest BCUT2D eigenvalue weighted by Crippen LogP contribution is 2.19. The monoisotopic (exact) mass is 316 g/mol. The summed E-state index contributed by atoms with van der Waals surface area (Å²) < 4.78 is 7.62. The molecule has 1 aliphatic heterocycles. The van der Waals surface area contributed by atoms with Crippen LogP contribution in [0.4, 0.5) is 0 Å². The number of likely N-dealkylation sites (tertiary alicyclic amines) is 1. The molecule has 0 bridgehead atoms. The van der Waals surface area contributed by atoms with Crippen LogP contribution >= 0.6 is 0 Å². The number of nitrogens with zero attached hydrogens (tertiary/aromatic N) is 3. The third-order valence-electron chi connectivity index (χ3n) is 4.96. The van der Waals surface area contributed by atoms with Crippen molar-refractivity contribution in [1.29, 1.82) is 0 Å². The zero-order valence-corrected chi connectivity index (χ0v) is 14.5. The van der Waals surface area contributed by atoms with Gasteiger partial charge in [-0.2, -0.15) is 0 Å². The average Bonchev–Trinajstić information content (AvgIpc) is 2.93. The van der Waals surface area contributed by atoms with E-state index in [9.17, 15) is 0 Å². The Kier molecular flexibility index (Phi) is 5.30. The Hall–Kier alpha value is -1.43. The number of para-hydroxylation sites is 2. The van der Waals surface area contributed by atoms with Gasteiger partial charge in [-0.3, -0.25) is 0 Å². The first-order chi connectivity index (χ1) is 11.2. The molecule has 0 radical (unpaired) electrons. The summed E-state index contributed by atoms with van der Waals surface area (Å²) in [5, 5.41) is 3.62. The number of hydrogen-bond donors (Lipinski definition) is 1. The quantitative estimate of drug-likeness (QED) is 0.888. The van der Waals surface area contributed by atoms with Gasteiger partial charge in [-0.15, -0.1) is 0 Å². The Bertz CT molecular complexity index is 631. The second kappa shape index (κ2) is 7.43. The molecule has 23 heavy (non-hydrogen) atoms. The first-order valence-electron chi connectivity index (χ1n) is 8.59. The van der Waals surface area contributed by atoms with Crippen LogP contribution in [0.25, 0.3) is 11.0 Å². The third-order valence-corrected chi connectivity index (χ3v) is 4.96. The maximum atomic E-state index is 5.43. The second-order valence-corrected chi connectivity index (χ2v) is 6.47. The van der Waals surface area contributed by atoms with Crippen molar-refractivity contribution in [1.82, 2.24) is 19.8 Å². The van der Waals surface area contributed by atoms with Crippen LogP contribution in [-0.4, -0.2) is 53.8 Å². The Labute approximate surface area is 138 Å². The largest absolute Gasteiger partial charge is 0.381 e. The smallest absolute Gasteiger partial charge is 0.126 e. The van der Waals surface area contributed by atoms with Gasteiger partial charge in [0.1, 0.15) is 5.82 Å². The lowest BCUT2D eigenvalue weighted by molar-refractivity contribution is 0.0413. The number of fused-ring (bicyclic) bond motifs is 1. The van der Waals surface area contributed by atoms with E-state index in [1.807, 2.05) is 13.2 Å².